The number of thioether (sulfide) groups is 1. The summed E-state index contributed by atoms with van der Waals surface area (Å²) in [5.74, 6) is 0.688. The molecule has 2 unspecified atom stereocenters. The lowest BCUT2D eigenvalue weighted by molar-refractivity contribution is -0.121. The summed E-state index contributed by atoms with van der Waals surface area (Å²) >= 11 is 1.26. The molecule has 1 aliphatic carbocycles. The van der Waals surface area contributed by atoms with E-state index in [2.05, 4.69) is 5.32 Å². The third-order valence-electron chi connectivity index (χ3n) is 2.37. The molecule has 0 spiro atoms. The van der Waals surface area contributed by atoms with E-state index in [1.165, 1.54) is 11.8 Å². The third-order valence-corrected chi connectivity index (χ3v) is 3.26. The SMILES string of the molecule is NC1CC1NC(=O)CN1CCSC1=O. The quantitative estimate of drug-likeness (QED) is 0.657. The first kappa shape index (κ1) is 9.79. The van der Waals surface area contributed by atoms with Crippen molar-refractivity contribution in [2.75, 3.05) is 18.8 Å². The van der Waals surface area contributed by atoms with Crippen molar-refractivity contribution < 1.29 is 9.59 Å². The Morgan fingerprint density at radius 3 is 2.93 bits per heavy atom. The highest BCUT2D eigenvalue weighted by atomic mass is 32.2. The van der Waals surface area contributed by atoms with Crippen LogP contribution in [0.4, 0.5) is 4.79 Å². The van der Waals surface area contributed by atoms with E-state index in [-0.39, 0.29) is 29.8 Å². The average Bonchev–Trinajstić information content (AvgIpc) is 2.63. The van der Waals surface area contributed by atoms with Crippen LogP contribution in [-0.4, -0.2) is 47.0 Å². The van der Waals surface area contributed by atoms with Crippen molar-refractivity contribution in [2.24, 2.45) is 5.73 Å². The molecule has 0 bridgehead atoms. The molecule has 14 heavy (non-hydrogen) atoms. The molecule has 2 rings (SSSR count). The van der Waals surface area contributed by atoms with Crippen molar-refractivity contribution in [1.29, 1.82) is 0 Å². The van der Waals surface area contributed by atoms with Gasteiger partial charge in [-0.1, -0.05) is 11.8 Å². The molecular formula is C8H13N3O2S. The van der Waals surface area contributed by atoms with E-state index in [4.69, 9.17) is 5.73 Å². The predicted molar refractivity (Wildman–Crippen MR) is 54.0 cm³/mol. The molecule has 0 radical (unpaired) electrons. The Morgan fingerprint density at radius 2 is 2.43 bits per heavy atom. The molecule has 1 aliphatic heterocycles. The number of carbonyl (C=O) groups excluding carboxylic acids is 2. The zero-order chi connectivity index (χ0) is 10.1. The van der Waals surface area contributed by atoms with Crippen LogP contribution in [0.2, 0.25) is 0 Å². The maximum atomic E-state index is 11.4. The Hall–Kier alpha value is -0.750. The summed E-state index contributed by atoms with van der Waals surface area (Å²) in [5, 5.41) is 2.78. The second-order valence-corrected chi connectivity index (χ2v) is 4.66. The lowest BCUT2D eigenvalue weighted by Crippen LogP contribution is -2.39. The Bertz CT molecular complexity index is 271. The first-order valence-electron chi connectivity index (χ1n) is 4.63. The molecule has 0 aromatic carbocycles. The minimum atomic E-state index is -0.0983. The summed E-state index contributed by atoms with van der Waals surface area (Å²) in [6.07, 6.45) is 0.856. The summed E-state index contributed by atoms with van der Waals surface area (Å²) in [5.41, 5.74) is 5.55. The number of carbonyl (C=O) groups is 2. The average molecular weight is 215 g/mol. The lowest BCUT2D eigenvalue weighted by Gasteiger charge is -2.13. The summed E-state index contributed by atoms with van der Waals surface area (Å²) in [7, 11) is 0. The monoisotopic (exact) mass is 215 g/mol. The molecule has 2 atom stereocenters. The highest BCUT2D eigenvalue weighted by Crippen LogP contribution is 2.19. The number of rotatable bonds is 3. The van der Waals surface area contributed by atoms with Crippen molar-refractivity contribution in [3.63, 3.8) is 0 Å². The van der Waals surface area contributed by atoms with Gasteiger partial charge in [0.1, 0.15) is 6.54 Å². The molecule has 2 fully saturated rings. The van der Waals surface area contributed by atoms with Crippen molar-refractivity contribution in [3.8, 4) is 0 Å². The van der Waals surface area contributed by atoms with Crippen molar-refractivity contribution in [1.82, 2.24) is 10.2 Å². The number of amides is 2. The summed E-state index contributed by atoms with van der Waals surface area (Å²) < 4.78 is 0. The van der Waals surface area contributed by atoms with Gasteiger partial charge in [-0.3, -0.25) is 9.59 Å². The molecule has 1 saturated carbocycles. The van der Waals surface area contributed by atoms with Gasteiger partial charge in [-0.25, -0.2) is 0 Å². The highest BCUT2D eigenvalue weighted by Gasteiger charge is 2.35. The van der Waals surface area contributed by atoms with Gasteiger partial charge in [-0.2, -0.15) is 0 Å². The topological polar surface area (TPSA) is 75.4 Å². The molecule has 3 N–H and O–H groups in total. The number of hydrogen-bond acceptors (Lipinski definition) is 4. The van der Waals surface area contributed by atoms with E-state index < -0.39 is 0 Å². The van der Waals surface area contributed by atoms with E-state index in [1.54, 1.807) is 4.90 Å². The van der Waals surface area contributed by atoms with Gasteiger partial charge >= 0.3 is 0 Å². The van der Waals surface area contributed by atoms with Gasteiger partial charge in [0.05, 0.1) is 0 Å². The van der Waals surface area contributed by atoms with Crippen LogP contribution in [0.15, 0.2) is 0 Å². The van der Waals surface area contributed by atoms with Gasteiger partial charge in [-0.15, -0.1) is 0 Å². The Labute approximate surface area is 86.4 Å². The second-order valence-electron chi connectivity index (χ2n) is 3.61. The summed E-state index contributed by atoms with van der Waals surface area (Å²) in [4.78, 5) is 24.1. The molecule has 2 amide bonds. The zero-order valence-corrected chi connectivity index (χ0v) is 8.55. The van der Waals surface area contributed by atoms with Crippen LogP contribution in [0.5, 0.6) is 0 Å². The largest absolute Gasteiger partial charge is 0.350 e. The normalized spacial score (nSPS) is 30.6. The van der Waals surface area contributed by atoms with Crippen LogP contribution in [0.25, 0.3) is 0 Å². The van der Waals surface area contributed by atoms with E-state index >= 15 is 0 Å². The van der Waals surface area contributed by atoms with E-state index in [0.29, 0.717) is 6.54 Å². The van der Waals surface area contributed by atoms with Gasteiger partial charge in [0.2, 0.25) is 5.91 Å². The number of hydrogen-bond donors (Lipinski definition) is 2. The van der Waals surface area contributed by atoms with E-state index in [0.717, 1.165) is 12.2 Å². The molecular weight excluding hydrogens is 202 g/mol. The van der Waals surface area contributed by atoms with Crippen LogP contribution >= 0.6 is 11.8 Å². The van der Waals surface area contributed by atoms with Crippen molar-refractivity contribution in [2.45, 2.75) is 18.5 Å². The van der Waals surface area contributed by atoms with Crippen LogP contribution < -0.4 is 11.1 Å². The molecule has 2 aliphatic rings. The minimum absolute atomic E-state index is 0.000227. The van der Waals surface area contributed by atoms with Crippen molar-refractivity contribution in [3.05, 3.63) is 0 Å². The number of nitrogens with zero attached hydrogens (tertiary/aromatic N) is 1. The van der Waals surface area contributed by atoms with Crippen LogP contribution in [-0.2, 0) is 4.79 Å². The fourth-order valence-corrected chi connectivity index (χ4v) is 2.20. The maximum Gasteiger partial charge on any atom is 0.282 e. The van der Waals surface area contributed by atoms with Crippen LogP contribution in [0.1, 0.15) is 6.42 Å². The number of nitrogens with one attached hydrogen (secondary N) is 1. The molecule has 6 heteroatoms. The summed E-state index contributed by atoms with van der Waals surface area (Å²) in [6, 6.07) is 0.246. The van der Waals surface area contributed by atoms with Gasteiger partial charge < -0.3 is 16.0 Å². The smallest absolute Gasteiger partial charge is 0.282 e. The Morgan fingerprint density at radius 1 is 1.71 bits per heavy atom. The summed E-state index contributed by atoms with van der Waals surface area (Å²) in [6.45, 7) is 0.850. The van der Waals surface area contributed by atoms with Crippen LogP contribution in [0, 0.1) is 0 Å². The van der Waals surface area contributed by atoms with Gasteiger partial charge in [0.15, 0.2) is 0 Å². The van der Waals surface area contributed by atoms with E-state index in [1.807, 2.05) is 0 Å². The molecule has 78 valence electrons. The van der Waals surface area contributed by atoms with Crippen LogP contribution in [0.3, 0.4) is 0 Å². The fraction of sp³-hybridized carbons (Fsp3) is 0.750. The molecule has 1 saturated heterocycles. The fourth-order valence-electron chi connectivity index (χ4n) is 1.38. The molecule has 0 aromatic rings. The molecule has 0 aromatic heterocycles. The zero-order valence-electron chi connectivity index (χ0n) is 7.73. The Kier molecular flexibility index (Phi) is 2.64. The first-order chi connectivity index (χ1) is 6.66. The second kappa shape index (κ2) is 3.78. The standard InChI is InChI=1S/C8H13N3O2S/c9-5-3-6(5)10-7(12)4-11-1-2-14-8(11)13/h5-6H,1-4,9H2,(H,10,12). The molecule has 5 nitrogen and oxygen atoms in total. The van der Waals surface area contributed by atoms with Gasteiger partial charge in [0.25, 0.3) is 5.24 Å². The number of nitrogens with two attached hydrogens (primary N) is 1. The minimum Gasteiger partial charge on any atom is -0.350 e. The first-order valence-corrected chi connectivity index (χ1v) is 5.62. The lowest BCUT2D eigenvalue weighted by atomic mass is 10.5. The molecule has 1 heterocycles. The third kappa shape index (κ3) is 2.19. The van der Waals surface area contributed by atoms with Crippen molar-refractivity contribution >= 4 is 22.9 Å². The van der Waals surface area contributed by atoms with Gasteiger partial charge in [-0.05, 0) is 6.42 Å². The highest BCUT2D eigenvalue weighted by molar-refractivity contribution is 8.13. The van der Waals surface area contributed by atoms with E-state index in [9.17, 15) is 9.59 Å². The predicted octanol–water partition coefficient (Wildman–Crippen LogP) is -0.629. The Balaban J connectivity index is 1.74. The van der Waals surface area contributed by atoms with Gasteiger partial charge in [0, 0.05) is 24.4 Å². The maximum absolute atomic E-state index is 11.4.